The van der Waals surface area contributed by atoms with Crippen LogP contribution in [0.2, 0.25) is 0 Å². The zero-order valence-electron chi connectivity index (χ0n) is 19.4. The van der Waals surface area contributed by atoms with Crippen molar-refractivity contribution in [2.45, 2.75) is 30.7 Å². The molecule has 0 saturated heterocycles. The summed E-state index contributed by atoms with van der Waals surface area (Å²) in [5.41, 5.74) is -8.94. The number of hydrogen-bond donors (Lipinski definition) is 1. The molecule has 0 radical (unpaired) electrons. The Bertz CT molecular complexity index is 1450. The van der Waals surface area contributed by atoms with Gasteiger partial charge >= 0.3 is 24.3 Å². The lowest BCUT2D eigenvalue weighted by Gasteiger charge is -2.30. The van der Waals surface area contributed by atoms with Crippen molar-refractivity contribution in [2.24, 2.45) is 0 Å². The van der Waals surface area contributed by atoms with Crippen LogP contribution in [0.3, 0.4) is 0 Å². The fraction of sp³-hybridized carbons (Fsp3) is 0.200. The van der Waals surface area contributed by atoms with Crippen LogP contribution in [0.25, 0.3) is 0 Å². The normalized spacial score (nSPS) is 14.7. The molecule has 4 rings (SSSR count). The van der Waals surface area contributed by atoms with E-state index in [1.165, 1.54) is 6.07 Å². The van der Waals surface area contributed by atoms with Gasteiger partial charge in [-0.2, -0.15) is 26.3 Å². The largest absolute Gasteiger partial charge is 0.586 e. The van der Waals surface area contributed by atoms with Crippen LogP contribution in [-0.2, 0) is 12.1 Å². The Hall–Kier alpha value is -4.30. The van der Waals surface area contributed by atoms with E-state index in [2.05, 4.69) is 14.8 Å². The number of alkyl halides is 9. The molecule has 0 spiro atoms. The summed E-state index contributed by atoms with van der Waals surface area (Å²) in [6.45, 7) is 0. The van der Waals surface area contributed by atoms with E-state index in [9.17, 15) is 49.1 Å². The number of ketones is 1. The van der Waals surface area contributed by atoms with Gasteiger partial charge in [0.25, 0.3) is 5.91 Å². The summed E-state index contributed by atoms with van der Waals surface area (Å²) in [5.74, 6) is -3.88. The number of carbonyl (C=O) groups is 2. The standard InChI is InChI=1S/C25H13F10NO4/c26-20-13(10-17(37)12-4-9-18-19(11-12)40-25(34,35)39-18)2-1-3-16(20)21(38)36-15-7-5-14(6-8-15)22(27,23(28,29)30)24(31,32)33/h1-9,11H,10H2,(H,36,38). The molecule has 15 heteroatoms. The van der Waals surface area contributed by atoms with Crippen molar-refractivity contribution in [1.29, 1.82) is 0 Å². The molecule has 0 unspecified atom stereocenters. The van der Waals surface area contributed by atoms with Crippen molar-refractivity contribution >= 4 is 17.4 Å². The van der Waals surface area contributed by atoms with E-state index in [1.807, 2.05) is 0 Å². The highest BCUT2D eigenvalue weighted by molar-refractivity contribution is 6.05. The summed E-state index contributed by atoms with van der Waals surface area (Å²) in [4.78, 5) is 25.2. The van der Waals surface area contributed by atoms with Gasteiger partial charge < -0.3 is 14.8 Å². The van der Waals surface area contributed by atoms with Crippen LogP contribution >= 0.6 is 0 Å². The van der Waals surface area contributed by atoms with Crippen LogP contribution in [0.1, 0.15) is 31.8 Å². The first-order valence-corrected chi connectivity index (χ1v) is 10.9. The summed E-state index contributed by atoms with van der Waals surface area (Å²) in [6.07, 6.45) is -17.2. The SMILES string of the molecule is O=C(Cc1cccc(C(=O)Nc2ccc(C(F)(C(F)(F)F)C(F)(F)F)cc2)c1F)c1ccc2c(c1)OC(F)(F)O2. The number of benzene rings is 3. The van der Waals surface area contributed by atoms with Crippen molar-refractivity contribution in [3.05, 3.63) is 88.7 Å². The van der Waals surface area contributed by atoms with Gasteiger partial charge in [-0.1, -0.05) is 24.3 Å². The minimum atomic E-state index is -6.33. The Morgan fingerprint density at radius 3 is 2.00 bits per heavy atom. The number of fused-ring (bicyclic) bond motifs is 1. The first-order chi connectivity index (χ1) is 18.4. The van der Waals surface area contributed by atoms with Gasteiger partial charge in [-0.15, -0.1) is 8.78 Å². The highest BCUT2D eigenvalue weighted by Gasteiger charge is 2.73. The van der Waals surface area contributed by atoms with Crippen molar-refractivity contribution in [3.8, 4) is 11.5 Å². The van der Waals surface area contributed by atoms with Crippen molar-refractivity contribution in [3.63, 3.8) is 0 Å². The Balaban J connectivity index is 1.50. The van der Waals surface area contributed by atoms with E-state index >= 15 is 4.39 Å². The molecule has 0 fully saturated rings. The molecule has 1 amide bonds. The third-order valence-electron chi connectivity index (χ3n) is 5.72. The van der Waals surface area contributed by atoms with E-state index in [4.69, 9.17) is 0 Å². The first-order valence-electron chi connectivity index (χ1n) is 10.9. The van der Waals surface area contributed by atoms with Gasteiger partial charge in [0.1, 0.15) is 5.82 Å². The highest BCUT2D eigenvalue weighted by atomic mass is 19.4. The van der Waals surface area contributed by atoms with Crippen LogP contribution in [0.5, 0.6) is 11.5 Å². The summed E-state index contributed by atoms with van der Waals surface area (Å²) >= 11 is 0. The fourth-order valence-electron chi connectivity index (χ4n) is 3.76. The average Bonchev–Trinajstić information content (AvgIpc) is 3.16. The molecule has 1 N–H and O–H groups in total. The monoisotopic (exact) mass is 581 g/mol. The lowest BCUT2D eigenvalue weighted by atomic mass is 9.94. The molecule has 1 aliphatic heterocycles. The van der Waals surface area contributed by atoms with E-state index in [0.717, 1.165) is 30.3 Å². The minimum Gasteiger partial charge on any atom is -0.395 e. The average molecular weight is 581 g/mol. The minimum absolute atomic E-state index is 0.143. The third-order valence-corrected chi connectivity index (χ3v) is 5.72. The van der Waals surface area contributed by atoms with Crippen LogP contribution in [0, 0.1) is 5.82 Å². The molecule has 0 atom stereocenters. The van der Waals surface area contributed by atoms with Crippen LogP contribution < -0.4 is 14.8 Å². The molecule has 1 heterocycles. The second-order valence-corrected chi connectivity index (χ2v) is 8.39. The van der Waals surface area contributed by atoms with Crippen LogP contribution in [-0.4, -0.2) is 30.3 Å². The second kappa shape index (κ2) is 9.71. The molecule has 0 aromatic heterocycles. The number of ether oxygens (including phenoxy) is 2. The third kappa shape index (κ3) is 5.27. The maximum Gasteiger partial charge on any atom is 0.586 e. The predicted octanol–water partition coefficient (Wildman–Crippen LogP) is 7.11. The Kier molecular flexibility index (Phi) is 6.97. The Morgan fingerprint density at radius 2 is 1.40 bits per heavy atom. The molecule has 3 aromatic carbocycles. The lowest BCUT2D eigenvalue weighted by Crippen LogP contribution is -2.50. The van der Waals surface area contributed by atoms with Gasteiger partial charge in [-0.05, 0) is 42.0 Å². The molecular weight excluding hydrogens is 568 g/mol. The molecular formula is C25H13F10NO4. The maximum absolute atomic E-state index is 15.0. The van der Waals surface area contributed by atoms with E-state index < -0.39 is 70.8 Å². The summed E-state index contributed by atoms with van der Waals surface area (Å²) in [6, 6.07) is 7.92. The first kappa shape index (κ1) is 28.7. The second-order valence-electron chi connectivity index (χ2n) is 8.39. The number of Topliss-reactive ketones (excluding diaryl/α,β-unsaturated/α-hetero) is 1. The van der Waals surface area contributed by atoms with Crippen molar-refractivity contribution in [1.82, 2.24) is 0 Å². The van der Waals surface area contributed by atoms with Gasteiger partial charge in [0, 0.05) is 23.2 Å². The summed E-state index contributed by atoms with van der Waals surface area (Å²) in [5, 5.41) is 2.05. The van der Waals surface area contributed by atoms with Crippen molar-refractivity contribution in [2.75, 3.05) is 5.32 Å². The van der Waals surface area contributed by atoms with Gasteiger partial charge in [0.15, 0.2) is 17.3 Å². The number of amides is 1. The molecule has 0 aliphatic carbocycles. The Morgan fingerprint density at radius 1 is 0.800 bits per heavy atom. The number of halogens is 10. The van der Waals surface area contributed by atoms with Crippen LogP contribution in [0.4, 0.5) is 49.6 Å². The molecule has 1 aliphatic rings. The van der Waals surface area contributed by atoms with E-state index in [0.29, 0.717) is 12.1 Å². The van der Waals surface area contributed by atoms with Gasteiger partial charge in [0.05, 0.1) is 5.56 Å². The number of anilines is 1. The molecule has 212 valence electrons. The number of rotatable bonds is 6. The molecule has 3 aromatic rings. The quantitative estimate of drug-likeness (QED) is 0.249. The maximum atomic E-state index is 15.0. The van der Waals surface area contributed by atoms with Gasteiger partial charge in [0.2, 0.25) is 0 Å². The molecule has 0 bridgehead atoms. The fourth-order valence-corrected chi connectivity index (χ4v) is 3.76. The van der Waals surface area contributed by atoms with E-state index in [-0.39, 0.29) is 29.0 Å². The zero-order valence-corrected chi connectivity index (χ0v) is 19.4. The summed E-state index contributed by atoms with van der Waals surface area (Å²) in [7, 11) is 0. The lowest BCUT2D eigenvalue weighted by molar-refractivity contribution is -0.348. The zero-order chi connectivity index (χ0) is 29.7. The smallest absolute Gasteiger partial charge is 0.395 e. The topological polar surface area (TPSA) is 64.6 Å². The number of nitrogens with one attached hydrogen (secondary N) is 1. The molecule has 5 nitrogen and oxygen atoms in total. The number of hydrogen-bond acceptors (Lipinski definition) is 4. The Labute approximate surface area is 217 Å². The molecule has 40 heavy (non-hydrogen) atoms. The number of carbonyl (C=O) groups excluding carboxylic acids is 2. The van der Waals surface area contributed by atoms with Gasteiger partial charge in [-0.3, -0.25) is 9.59 Å². The summed E-state index contributed by atoms with van der Waals surface area (Å²) < 4.78 is 142. The molecule has 0 saturated carbocycles. The predicted molar refractivity (Wildman–Crippen MR) is 116 cm³/mol. The van der Waals surface area contributed by atoms with E-state index in [1.54, 1.807) is 0 Å². The van der Waals surface area contributed by atoms with Crippen molar-refractivity contribution < 1.29 is 63.0 Å². The van der Waals surface area contributed by atoms with Crippen LogP contribution in [0.15, 0.2) is 60.7 Å². The highest BCUT2D eigenvalue weighted by Crippen LogP contribution is 2.53. The van der Waals surface area contributed by atoms with Gasteiger partial charge in [-0.25, -0.2) is 8.78 Å².